The number of carbonyl (C=O) groups is 1. The molecule has 25 heavy (non-hydrogen) atoms. The molecule has 0 saturated heterocycles. The van der Waals surface area contributed by atoms with Gasteiger partial charge in [0, 0.05) is 21.6 Å². The molecule has 0 saturated carbocycles. The molecule has 0 aromatic heterocycles. The number of rotatable bonds is 4. The zero-order chi connectivity index (χ0) is 19.6. The molecular formula is C11H6F9NOS3. The zero-order valence-corrected chi connectivity index (χ0v) is 14.1. The van der Waals surface area contributed by atoms with Gasteiger partial charge in [-0.15, -0.1) is 0 Å². The lowest BCUT2D eigenvalue weighted by atomic mass is 10.3. The molecule has 1 N–H and O–H groups in total. The minimum Gasteiger partial charge on any atom is -0.324 e. The third kappa shape index (κ3) is 8.85. The topological polar surface area (TPSA) is 29.1 Å². The van der Waals surface area contributed by atoms with Gasteiger partial charge >= 0.3 is 16.5 Å². The van der Waals surface area contributed by atoms with Gasteiger partial charge < -0.3 is 5.32 Å². The normalized spacial score (nSPS) is 13.0. The largest absolute Gasteiger partial charge is 0.446 e. The van der Waals surface area contributed by atoms with Gasteiger partial charge in [0.1, 0.15) is 0 Å². The monoisotopic (exact) mass is 435 g/mol. The maximum Gasteiger partial charge on any atom is 0.446 e. The summed E-state index contributed by atoms with van der Waals surface area (Å²) in [5.74, 6) is -0.982. The van der Waals surface area contributed by atoms with Gasteiger partial charge in [-0.05, 0) is 47.4 Å². The molecule has 0 spiro atoms. The molecule has 1 amide bonds. The van der Waals surface area contributed by atoms with Gasteiger partial charge in [0.2, 0.25) is 5.91 Å². The average molecular weight is 435 g/mol. The van der Waals surface area contributed by atoms with Crippen molar-refractivity contribution >= 4 is 46.9 Å². The Hall–Kier alpha value is -0.890. The Morgan fingerprint density at radius 3 is 1.44 bits per heavy atom. The highest BCUT2D eigenvalue weighted by atomic mass is 32.2. The average Bonchev–Trinajstić information content (AvgIpc) is 2.26. The molecule has 0 heterocycles. The molecule has 0 aliphatic carbocycles. The first-order valence-electron chi connectivity index (χ1n) is 5.78. The van der Waals surface area contributed by atoms with Gasteiger partial charge in [-0.2, -0.15) is 39.5 Å². The Kier molecular flexibility index (Phi) is 6.89. The highest BCUT2D eigenvalue weighted by Crippen LogP contribution is 2.50. The summed E-state index contributed by atoms with van der Waals surface area (Å²) < 4.78 is 113. The SMILES string of the molecule is CC(=O)Nc1c(SC(F)(F)F)cc(SC(F)(F)F)cc1SC(F)(F)F. The number of alkyl halides is 9. The Morgan fingerprint density at radius 2 is 1.16 bits per heavy atom. The maximum absolute atomic E-state index is 12.6. The number of halogens is 9. The molecule has 142 valence electrons. The van der Waals surface area contributed by atoms with E-state index in [1.54, 1.807) is 5.32 Å². The summed E-state index contributed by atoms with van der Waals surface area (Å²) in [5.41, 5.74) is -15.8. The summed E-state index contributed by atoms with van der Waals surface area (Å²) in [4.78, 5) is 8.24. The summed E-state index contributed by atoms with van der Waals surface area (Å²) in [5, 5.41) is 1.81. The van der Waals surface area contributed by atoms with Crippen LogP contribution in [0.3, 0.4) is 0 Å². The molecule has 2 nitrogen and oxygen atoms in total. The molecule has 0 radical (unpaired) electrons. The van der Waals surface area contributed by atoms with Gasteiger partial charge in [0.15, 0.2) is 0 Å². The molecule has 1 rings (SSSR count). The van der Waals surface area contributed by atoms with Crippen molar-refractivity contribution in [1.29, 1.82) is 0 Å². The van der Waals surface area contributed by atoms with E-state index in [1.807, 2.05) is 0 Å². The number of nitrogens with one attached hydrogen (secondary N) is 1. The quantitative estimate of drug-likeness (QED) is 0.433. The van der Waals surface area contributed by atoms with Crippen LogP contribution in [0.15, 0.2) is 26.8 Å². The van der Waals surface area contributed by atoms with Gasteiger partial charge in [0.05, 0.1) is 5.69 Å². The molecule has 1 aromatic rings. The fourth-order valence-electron chi connectivity index (χ4n) is 1.47. The fraction of sp³-hybridized carbons (Fsp3) is 0.364. The summed E-state index contributed by atoms with van der Waals surface area (Å²) in [6, 6.07) is 0.837. The van der Waals surface area contributed by atoms with Crippen molar-refractivity contribution in [3.63, 3.8) is 0 Å². The molecule has 0 aliphatic heterocycles. The van der Waals surface area contributed by atoms with E-state index in [1.165, 1.54) is 0 Å². The lowest BCUT2D eigenvalue weighted by molar-refractivity contribution is -0.114. The van der Waals surface area contributed by atoms with Crippen molar-refractivity contribution < 1.29 is 44.3 Å². The van der Waals surface area contributed by atoms with Crippen molar-refractivity contribution in [3.8, 4) is 0 Å². The number of thioether (sulfide) groups is 3. The summed E-state index contributed by atoms with van der Waals surface area (Å²) in [6.45, 7) is 0.836. The van der Waals surface area contributed by atoms with E-state index in [-0.39, 0.29) is 0 Å². The number of anilines is 1. The Balaban J connectivity index is 3.53. The predicted octanol–water partition coefficient (Wildman–Crippen LogP) is 6.48. The zero-order valence-electron chi connectivity index (χ0n) is 11.7. The Bertz CT molecular complexity index is 602. The van der Waals surface area contributed by atoms with Crippen LogP contribution in [-0.2, 0) is 4.79 Å². The van der Waals surface area contributed by atoms with Crippen LogP contribution in [0.1, 0.15) is 6.92 Å². The van der Waals surface area contributed by atoms with Crippen molar-refractivity contribution in [2.45, 2.75) is 38.1 Å². The first kappa shape index (κ1) is 22.2. The molecule has 0 bridgehead atoms. The van der Waals surface area contributed by atoms with Crippen LogP contribution in [0.25, 0.3) is 0 Å². The van der Waals surface area contributed by atoms with E-state index in [4.69, 9.17) is 0 Å². The van der Waals surface area contributed by atoms with Gasteiger partial charge in [-0.25, -0.2) is 0 Å². The van der Waals surface area contributed by atoms with Crippen molar-refractivity contribution in [2.24, 2.45) is 0 Å². The van der Waals surface area contributed by atoms with E-state index in [0.717, 1.165) is 6.92 Å². The van der Waals surface area contributed by atoms with Crippen LogP contribution in [-0.4, -0.2) is 22.4 Å². The predicted molar refractivity (Wildman–Crippen MR) is 76.5 cm³/mol. The highest BCUT2D eigenvalue weighted by Gasteiger charge is 2.37. The van der Waals surface area contributed by atoms with E-state index >= 15 is 0 Å². The fourth-order valence-corrected chi connectivity index (χ4v) is 3.70. The number of amides is 1. The van der Waals surface area contributed by atoms with Crippen LogP contribution < -0.4 is 5.32 Å². The number of hydrogen-bond acceptors (Lipinski definition) is 4. The van der Waals surface area contributed by atoms with Crippen LogP contribution in [0.2, 0.25) is 0 Å². The molecule has 0 aliphatic rings. The van der Waals surface area contributed by atoms with Crippen molar-refractivity contribution in [3.05, 3.63) is 12.1 Å². The Morgan fingerprint density at radius 1 is 0.800 bits per heavy atom. The van der Waals surface area contributed by atoms with E-state index in [0.29, 0.717) is 12.1 Å². The number of benzene rings is 1. The molecule has 14 heteroatoms. The maximum atomic E-state index is 12.6. The second kappa shape index (κ2) is 7.78. The lowest BCUT2D eigenvalue weighted by Crippen LogP contribution is -2.11. The van der Waals surface area contributed by atoms with E-state index in [9.17, 15) is 44.3 Å². The molecule has 0 unspecified atom stereocenters. The summed E-state index contributed by atoms with van der Waals surface area (Å²) in [7, 11) is 0. The minimum absolute atomic E-state index is 0.419. The third-order valence-electron chi connectivity index (χ3n) is 2.03. The highest BCUT2D eigenvalue weighted by molar-refractivity contribution is 8.01. The van der Waals surface area contributed by atoms with Crippen molar-refractivity contribution in [2.75, 3.05) is 5.32 Å². The summed E-state index contributed by atoms with van der Waals surface area (Å²) in [6.07, 6.45) is 0. The second-order valence-electron chi connectivity index (χ2n) is 4.12. The lowest BCUT2D eigenvalue weighted by Gasteiger charge is -2.18. The Labute approximate surface area is 147 Å². The minimum atomic E-state index is -4.99. The summed E-state index contributed by atoms with van der Waals surface area (Å²) >= 11 is -2.72. The van der Waals surface area contributed by atoms with Crippen LogP contribution in [0.5, 0.6) is 0 Å². The first-order valence-corrected chi connectivity index (χ1v) is 8.23. The molecule has 0 atom stereocenters. The van der Waals surface area contributed by atoms with E-state index in [2.05, 4.69) is 0 Å². The van der Waals surface area contributed by atoms with Crippen molar-refractivity contribution in [1.82, 2.24) is 0 Å². The van der Waals surface area contributed by atoms with Gasteiger partial charge in [-0.1, -0.05) is 0 Å². The first-order chi connectivity index (χ1) is 11.1. The third-order valence-corrected chi connectivity index (χ3v) is 4.28. The standard InChI is InChI=1S/C11H6F9NOS3/c1-4(22)21-8-6(24-10(15,16)17)2-5(23-9(12,13)14)3-7(8)25-11(18,19)20/h2-3H,1H3,(H,21,22). The van der Waals surface area contributed by atoms with Crippen LogP contribution in [0, 0.1) is 0 Å². The van der Waals surface area contributed by atoms with Gasteiger partial charge in [-0.3, -0.25) is 4.79 Å². The molecule has 0 fully saturated rings. The van der Waals surface area contributed by atoms with Gasteiger partial charge in [0.25, 0.3) is 0 Å². The second-order valence-corrected chi connectivity index (χ2v) is 7.47. The van der Waals surface area contributed by atoms with Crippen LogP contribution >= 0.6 is 35.3 Å². The smallest absolute Gasteiger partial charge is 0.324 e. The number of hydrogen-bond donors (Lipinski definition) is 1. The van der Waals surface area contributed by atoms with E-state index < -0.39 is 78.1 Å². The molecular weight excluding hydrogens is 429 g/mol. The van der Waals surface area contributed by atoms with Crippen LogP contribution in [0.4, 0.5) is 45.2 Å². The number of carbonyl (C=O) groups excluding carboxylic acids is 1. The molecule has 1 aromatic carbocycles.